The van der Waals surface area contributed by atoms with E-state index in [-0.39, 0.29) is 24.4 Å². The second-order valence-corrected chi connectivity index (χ2v) is 5.94. The van der Waals surface area contributed by atoms with Crippen molar-refractivity contribution in [3.8, 4) is 0 Å². The summed E-state index contributed by atoms with van der Waals surface area (Å²) in [7, 11) is 1.58. The number of nitrogens with one attached hydrogen (secondary N) is 1. The summed E-state index contributed by atoms with van der Waals surface area (Å²) in [5.74, 6) is -0.984. The highest BCUT2D eigenvalue weighted by atomic mass is 16.4. The van der Waals surface area contributed by atoms with Crippen LogP contribution >= 0.6 is 0 Å². The standard InChI is InChI=1S/C14H25N3O4/c1-10(2)8-15-12(18)9-16(3)14(21)17-6-4-11(5-7-17)13(19)20/h10-11H,4-9H2,1-3H3,(H,15,18)(H,19,20). The number of hydrogen-bond acceptors (Lipinski definition) is 3. The van der Waals surface area contributed by atoms with Crippen molar-refractivity contribution in [2.24, 2.45) is 11.8 Å². The topological polar surface area (TPSA) is 90.0 Å². The number of likely N-dealkylation sites (N-methyl/N-ethyl adjacent to an activating group) is 1. The third-order valence-electron chi connectivity index (χ3n) is 3.53. The van der Waals surface area contributed by atoms with Gasteiger partial charge in [-0.2, -0.15) is 0 Å². The van der Waals surface area contributed by atoms with Crippen LogP contribution in [0.2, 0.25) is 0 Å². The molecule has 1 fully saturated rings. The van der Waals surface area contributed by atoms with Gasteiger partial charge < -0.3 is 20.2 Å². The first kappa shape index (κ1) is 17.3. The van der Waals surface area contributed by atoms with Crippen LogP contribution in [0.25, 0.3) is 0 Å². The van der Waals surface area contributed by atoms with E-state index >= 15 is 0 Å². The summed E-state index contributed by atoms with van der Waals surface area (Å²) in [6.07, 6.45) is 0.933. The Morgan fingerprint density at radius 2 is 1.86 bits per heavy atom. The Labute approximate surface area is 125 Å². The first-order chi connectivity index (χ1) is 9.81. The molecule has 0 saturated carbocycles. The van der Waals surface area contributed by atoms with E-state index in [1.807, 2.05) is 13.8 Å². The molecule has 7 heteroatoms. The van der Waals surface area contributed by atoms with E-state index < -0.39 is 5.97 Å². The maximum Gasteiger partial charge on any atom is 0.320 e. The molecule has 1 aliphatic rings. The average molecular weight is 299 g/mol. The maximum absolute atomic E-state index is 12.2. The van der Waals surface area contributed by atoms with Gasteiger partial charge in [-0.3, -0.25) is 9.59 Å². The Morgan fingerprint density at radius 3 is 2.33 bits per heavy atom. The van der Waals surface area contributed by atoms with Crippen molar-refractivity contribution in [2.75, 3.05) is 33.2 Å². The first-order valence-corrected chi connectivity index (χ1v) is 7.30. The fourth-order valence-corrected chi connectivity index (χ4v) is 2.22. The van der Waals surface area contributed by atoms with E-state index in [1.165, 1.54) is 4.90 Å². The number of carboxylic acid groups (broad SMARTS) is 1. The fraction of sp³-hybridized carbons (Fsp3) is 0.786. The SMILES string of the molecule is CC(C)CNC(=O)CN(C)C(=O)N1CCC(C(=O)O)CC1. The number of carbonyl (C=O) groups excluding carboxylic acids is 2. The van der Waals surface area contributed by atoms with E-state index in [4.69, 9.17) is 5.11 Å². The Morgan fingerprint density at radius 1 is 1.29 bits per heavy atom. The number of likely N-dealkylation sites (tertiary alicyclic amines) is 1. The molecule has 0 aromatic carbocycles. The van der Waals surface area contributed by atoms with E-state index in [0.29, 0.717) is 38.4 Å². The zero-order valence-corrected chi connectivity index (χ0v) is 13.0. The van der Waals surface area contributed by atoms with Gasteiger partial charge >= 0.3 is 12.0 Å². The summed E-state index contributed by atoms with van der Waals surface area (Å²) in [5, 5.41) is 11.7. The van der Waals surface area contributed by atoms with Crippen LogP contribution in [-0.4, -0.2) is 66.0 Å². The third kappa shape index (κ3) is 5.61. The molecule has 0 spiro atoms. The summed E-state index contributed by atoms with van der Waals surface area (Å²) in [5.41, 5.74) is 0. The predicted octanol–water partition coefficient (Wildman–Crippen LogP) is 0.607. The molecule has 0 bridgehead atoms. The molecular formula is C14H25N3O4. The summed E-state index contributed by atoms with van der Waals surface area (Å²) in [6, 6.07) is -0.224. The molecule has 3 amide bonds. The van der Waals surface area contributed by atoms with Gasteiger partial charge in [-0.1, -0.05) is 13.8 Å². The average Bonchev–Trinajstić information content (AvgIpc) is 2.44. The van der Waals surface area contributed by atoms with Crippen molar-refractivity contribution < 1.29 is 19.5 Å². The maximum atomic E-state index is 12.2. The molecule has 0 aliphatic carbocycles. The Balaban J connectivity index is 2.38. The summed E-state index contributed by atoms with van der Waals surface area (Å²) in [6.45, 7) is 5.46. The lowest BCUT2D eigenvalue weighted by Gasteiger charge is -2.33. The number of piperidine rings is 1. The van der Waals surface area contributed by atoms with Crippen molar-refractivity contribution in [1.82, 2.24) is 15.1 Å². The van der Waals surface area contributed by atoms with Crippen LogP contribution in [0.5, 0.6) is 0 Å². The minimum absolute atomic E-state index is 0.0183. The van der Waals surface area contributed by atoms with Crippen molar-refractivity contribution in [3.05, 3.63) is 0 Å². The van der Waals surface area contributed by atoms with Crippen LogP contribution in [0.1, 0.15) is 26.7 Å². The fourth-order valence-electron chi connectivity index (χ4n) is 2.22. The lowest BCUT2D eigenvalue weighted by Crippen LogP contribution is -2.48. The molecule has 0 unspecified atom stereocenters. The molecule has 0 atom stereocenters. The molecule has 1 heterocycles. The zero-order chi connectivity index (χ0) is 16.0. The van der Waals surface area contributed by atoms with E-state index in [1.54, 1.807) is 11.9 Å². The molecular weight excluding hydrogens is 274 g/mol. The Hall–Kier alpha value is -1.79. The number of aliphatic carboxylic acids is 1. The first-order valence-electron chi connectivity index (χ1n) is 7.30. The van der Waals surface area contributed by atoms with Gasteiger partial charge in [0.15, 0.2) is 0 Å². The highest BCUT2D eigenvalue weighted by Crippen LogP contribution is 2.18. The lowest BCUT2D eigenvalue weighted by atomic mass is 9.97. The predicted molar refractivity (Wildman–Crippen MR) is 77.8 cm³/mol. The number of hydrogen-bond donors (Lipinski definition) is 2. The number of rotatable bonds is 5. The molecule has 120 valence electrons. The van der Waals surface area contributed by atoms with Crippen LogP contribution in [0.15, 0.2) is 0 Å². The highest BCUT2D eigenvalue weighted by molar-refractivity contribution is 5.84. The van der Waals surface area contributed by atoms with E-state index in [9.17, 15) is 14.4 Å². The van der Waals surface area contributed by atoms with Crippen molar-refractivity contribution >= 4 is 17.9 Å². The Bertz CT molecular complexity index is 390. The normalized spacial score (nSPS) is 15.9. The number of nitrogens with zero attached hydrogens (tertiary/aromatic N) is 2. The van der Waals surface area contributed by atoms with Gasteiger partial charge in [0.25, 0.3) is 0 Å². The smallest absolute Gasteiger partial charge is 0.320 e. The second-order valence-electron chi connectivity index (χ2n) is 5.94. The molecule has 1 saturated heterocycles. The van der Waals surface area contributed by atoms with Gasteiger partial charge in [0.1, 0.15) is 6.54 Å². The van der Waals surface area contributed by atoms with Gasteiger partial charge in [0, 0.05) is 26.7 Å². The third-order valence-corrected chi connectivity index (χ3v) is 3.53. The number of carboxylic acids is 1. The van der Waals surface area contributed by atoms with Crippen molar-refractivity contribution in [3.63, 3.8) is 0 Å². The van der Waals surface area contributed by atoms with E-state index in [0.717, 1.165) is 0 Å². The van der Waals surface area contributed by atoms with Crippen LogP contribution in [0, 0.1) is 11.8 Å². The van der Waals surface area contributed by atoms with Crippen molar-refractivity contribution in [1.29, 1.82) is 0 Å². The molecule has 0 aromatic heterocycles. The van der Waals surface area contributed by atoms with Gasteiger partial charge in [-0.25, -0.2) is 4.79 Å². The number of carbonyl (C=O) groups is 3. The molecule has 0 aromatic rings. The second kappa shape index (κ2) is 7.85. The summed E-state index contributed by atoms with van der Waals surface area (Å²) >= 11 is 0. The van der Waals surface area contributed by atoms with Gasteiger partial charge in [0.05, 0.1) is 5.92 Å². The van der Waals surface area contributed by atoms with Crippen molar-refractivity contribution in [2.45, 2.75) is 26.7 Å². The molecule has 1 aliphatic heterocycles. The zero-order valence-electron chi connectivity index (χ0n) is 13.0. The monoisotopic (exact) mass is 299 g/mol. The highest BCUT2D eigenvalue weighted by Gasteiger charge is 2.28. The summed E-state index contributed by atoms with van der Waals surface area (Å²) in [4.78, 5) is 37.7. The minimum atomic E-state index is -0.802. The van der Waals surface area contributed by atoms with Crippen LogP contribution in [0.3, 0.4) is 0 Å². The minimum Gasteiger partial charge on any atom is -0.481 e. The molecule has 7 nitrogen and oxygen atoms in total. The number of urea groups is 1. The van der Waals surface area contributed by atoms with Gasteiger partial charge in [-0.15, -0.1) is 0 Å². The quantitative estimate of drug-likeness (QED) is 0.778. The molecule has 2 N–H and O–H groups in total. The summed E-state index contributed by atoms with van der Waals surface area (Å²) < 4.78 is 0. The van der Waals surface area contributed by atoms with E-state index in [2.05, 4.69) is 5.32 Å². The van der Waals surface area contributed by atoms with Gasteiger partial charge in [0.2, 0.25) is 5.91 Å². The van der Waals surface area contributed by atoms with Crippen LogP contribution in [0.4, 0.5) is 4.79 Å². The Kier molecular flexibility index (Phi) is 6.45. The lowest BCUT2D eigenvalue weighted by molar-refractivity contribution is -0.143. The van der Waals surface area contributed by atoms with Crippen LogP contribution < -0.4 is 5.32 Å². The molecule has 1 rings (SSSR count). The largest absolute Gasteiger partial charge is 0.481 e. The van der Waals surface area contributed by atoms with Crippen LogP contribution in [-0.2, 0) is 9.59 Å². The molecule has 21 heavy (non-hydrogen) atoms. The van der Waals surface area contributed by atoms with Gasteiger partial charge in [-0.05, 0) is 18.8 Å². The number of amides is 3. The molecule has 0 radical (unpaired) electrons.